The SMILES string of the molecule is C=C(C)C(=O)OCC(O)COC(=O)CCNCCN(CCC(=O)OCC(O)COC(=O)C(=C)C)CCN(CCC[Si](OC)(OC)OC)CCC(=O)OCC(O)COC(=O)C(=C)C. The minimum Gasteiger partial charge on any atom is -0.463 e. The van der Waals surface area contributed by atoms with E-state index in [2.05, 4.69) is 25.1 Å². The van der Waals surface area contributed by atoms with E-state index >= 15 is 0 Å². The Hall–Kier alpha value is -4.10. The Balaban J connectivity index is 5.53. The molecule has 62 heavy (non-hydrogen) atoms. The van der Waals surface area contributed by atoms with Crippen molar-refractivity contribution >= 4 is 44.6 Å². The van der Waals surface area contributed by atoms with Crippen LogP contribution in [0.2, 0.25) is 6.04 Å². The first-order valence-corrected chi connectivity index (χ1v) is 22.0. The molecule has 0 aliphatic rings. The van der Waals surface area contributed by atoms with Crippen LogP contribution < -0.4 is 5.32 Å². The van der Waals surface area contributed by atoms with E-state index in [0.717, 1.165) is 0 Å². The Morgan fingerprint density at radius 3 is 1.19 bits per heavy atom. The Kier molecular flexibility index (Phi) is 31.2. The first kappa shape index (κ1) is 57.9. The summed E-state index contributed by atoms with van der Waals surface area (Å²) in [4.78, 5) is 76.3. The van der Waals surface area contributed by atoms with Gasteiger partial charge in [-0.25, -0.2) is 14.4 Å². The Morgan fingerprint density at radius 2 is 0.839 bits per heavy atom. The third-order valence-electron chi connectivity index (χ3n) is 8.57. The fourth-order valence-electron chi connectivity index (χ4n) is 4.89. The van der Waals surface area contributed by atoms with Crippen molar-refractivity contribution in [2.45, 2.75) is 70.8 Å². The second kappa shape index (κ2) is 33.5. The summed E-state index contributed by atoms with van der Waals surface area (Å²) in [5.74, 6) is -3.82. The van der Waals surface area contributed by atoms with Gasteiger partial charge in [-0.2, -0.15) is 0 Å². The van der Waals surface area contributed by atoms with Crippen LogP contribution in [0.25, 0.3) is 0 Å². The van der Waals surface area contributed by atoms with Crippen LogP contribution in [0.5, 0.6) is 0 Å². The molecule has 22 heteroatoms. The van der Waals surface area contributed by atoms with Gasteiger partial charge in [0.25, 0.3) is 0 Å². The van der Waals surface area contributed by atoms with Gasteiger partial charge < -0.3 is 72.1 Å². The zero-order chi connectivity index (χ0) is 47.1. The number of carbonyl (C=O) groups is 6. The lowest BCUT2D eigenvalue weighted by molar-refractivity contribution is -0.152. The highest BCUT2D eigenvalue weighted by atomic mass is 28.4. The lowest BCUT2D eigenvalue weighted by Crippen LogP contribution is -2.44. The molecule has 0 aliphatic carbocycles. The number of nitrogens with one attached hydrogen (secondary N) is 1. The molecule has 0 amide bonds. The first-order valence-electron chi connectivity index (χ1n) is 20.1. The summed E-state index contributed by atoms with van der Waals surface area (Å²) in [6, 6.07) is 0.480. The van der Waals surface area contributed by atoms with E-state index in [-0.39, 0.29) is 88.7 Å². The van der Waals surface area contributed by atoms with Crippen LogP contribution >= 0.6 is 0 Å². The van der Waals surface area contributed by atoms with Crippen molar-refractivity contribution in [3.05, 3.63) is 36.5 Å². The molecule has 21 nitrogen and oxygen atoms in total. The molecule has 0 spiro atoms. The Morgan fingerprint density at radius 1 is 0.500 bits per heavy atom. The number of esters is 6. The summed E-state index contributed by atoms with van der Waals surface area (Å²) in [5, 5.41) is 33.3. The monoisotopic (exact) mass is 907 g/mol. The van der Waals surface area contributed by atoms with Gasteiger partial charge >= 0.3 is 44.6 Å². The maximum Gasteiger partial charge on any atom is 0.500 e. The number of aliphatic hydroxyl groups is 3. The summed E-state index contributed by atoms with van der Waals surface area (Å²) in [6.07, 6.45) is -3.22. The molecule has 0 bridgehead atoms. The van der Waals surface area contributed by atoms with E-state index < -0.39 is 69.5 Å². The summed E-state index contributed by atoms with van der Waals surface area (Å²) in [6.45, 7) is 15.4. The lowest BCUT2D eigenvalue weighted by Gasteiger charge is -2.29. The number of hydrogen-bond donors (Lipinski definition) is 4. The fraction of sp³-hybridized carbons (Fsp3) is 0.700. The van der Waals surface area contributed by atoms with Crippen molar-refractivity contribution < 1.29 is 85.8 Å². The highest BCUT2D eigenvalue weighted by Gasteiger charge is 2.37. The van der Waals surface area contributed by atoms with Crippen LogP contribution in [-0.2, 0) is 70.5 Å². The Labute approximate surface area is 365 Å². The van der Waals surface area contributed by atoms with Crippen LogP contribution in [0.4, 0.5) is 0 Å². The maximum atomic E-state index is 12.7. The molecule has 356 valence electrons. The molecule has 0 aromatic carbocycles. The van der Waals surface area contributed by atoms with E-state index in [1.807, 2.05) is 9.80 Å². The van der Waals surface area contributed by atoms with E-state index in [4.69, 9.17) is 41.7 Å². The molecule has 0 rings (SSSR count). The highest BCUT2D eigenvalue weighted by molar-refractivity contribution is 6.60. The van der Waals surface area contributed by atoms with Crippen LogP contribution in [0.3, 0.4) is 0 Å². The molecule has 0 aromatic rings. The summed E-state index contributed by atoms with van der Waals surface area (Å²) in [7, 11) is 1.63. The summed E-state index contributed by atoms with van der Waals surface area (Å²) in [5.41, 5.74) is 0.486. The number of hydrogen-bond acceptors (Lipinski definition) is 21. The highest BCUT2D eigenvalue weighted by Crippen LogP contribution is 2.16. The van der Waals surface area contributed by atoms with E-state index in [1.54, 1.807) is 0 Å². The van der Waals surface area contributed by atoms with Crippen LogP contribution in [-0.4, -0.2) is 201 Å². The minimum absolute atomic E-state index is 0.0234. The van der Waals surface area contributed by atoms with Crippen molar-refractivity contribution in [1.82, 2.24) is 15.1 Å². The van der Waals surface area contributed by atoms with E-state index in [9.17, 15) is 44.1 Å². The maximum absolute atomic E-state index is 12.7. The average molecular weight is 908 g/mol. The van der Waals surface area contributed by atoms with Gasteiger partial charge in [-0.1, -0.05) is 19.7 Å². The largest absolute Gasteiger partial charge is 0.500 e. The number of rotatable bonds is 37. The first-order chi connectivity index (χ1) is 29.3. The summed E-state index contributed by atoms with van der Waals surface area (Å²) >= 11 is 0. The van der Waals surface area contributed by atoms with Gasteiger partial charge in [-0.15, -0.1) is 0 Å². The predicted octanol–water partition coefficient (Wildman–Crippen LogP) is -0.311. The molecular formula is C40H69N3O18Si. The van der Waals surface area contributed by atoms with Gasteiger partial charge in [0, 0.05) is 89.9 Å². The van der Waals surface area contributed by atoms with Gasteiger partial charge in [0.15, 0.2) is 0 Å². The number of carbonyl (C=O) groups excluding carboxylic acids is 6. The average Bonchev–Trinajstić information content (AvgIpc) is 3.24. The van der Waals surface area contributed by atoms with Gasteiger partial charge in [0.2, 0.25) is 0 Å². The Bertz CT molecular complexity index is 1420. The van der Waals surface area contributed by atoms with Crippen molar-refractivity contribution in [3.63, 3.8) is 0 Å². The standard InChI is InChI=1S/C40H69N3O18Si/c1-29(2)38(50)59-26-32(44)23-56-35(47)11-14-41-15-19-43(18-13-37(49)58-25-34(46)28-61-40(52)31(5)6)21-20-42(16-10-22-62(53-7,54-8)55-9)17-12-36(48)57-24-33(45)27-60-39(51)30(3)4/h32-34,41,44-46H,1,3,5,10-28H2,2,4,6-9H3. The molecule has 4 N–H and O–H groups in total. The molecule has 0 radical (unpaired) electrons. The van der Waals surface area contributed by atoms with E-state index in [1.165, 1.54) is 42.1 Å². The second-order valence-corrected chi connectivity index (χ2v) is 17.3. The van der Waals surface area contributed by atoms with Gasteiger partial charge in [-0.05, 0) is 33.7 Å². The molecule has 0 aromatic heterocycles. The van der Waals surface area contributed by atoms with Gasteiger partial charge in [0.05, 0.1) is 19.3 Å². The smallest absolute Gasteiger partial charge is 0.463 e. The zero-order valence-corrected chi connectivity index (χ0v) is 38.1. The second-order valence-electron chi connectivity index (χ2n) is 14.2. The summed E-state index contributed by atoms with van der Waals surface area (Å²) < 4.78 is 46.7. The third-order valence-corrected chi connectivity index (χ3v) is 11.4. The molecule has 0 saturated carbocycles. The van der Waals surface area contributed by atoms with Crippen LogP contribution in [0, 0.1) is 0 Å². The zero-order valence-electron chi connectivity index (χ0n) is 37.1. The number of ether oxygens (including phenoxy) is 6. The quantitative estimate of drug-likeness (QED) is 0.0205. The normalized spacial score (nSPS) is 12.8. The molecule has 0 saturated heterocycles. The molecule has 0 fully saturated rings. The predicted molar refractivity (Wildman–Crippen MR) is 224 cm³/mol. The molecule has 0 heterocycles. The van der Waals surface area contributed by atoms with Crippen molar-refractivity contribution in [2.24, 2.45) is 0 Å². The van der Waals surface area contributed by atoms with Crippen molar-refractivity contribution in [2.75, 3.05) is 113 Å². The van der Waals surface area contributed by atoms with Crippen LogP contribution in [0.15, 0.2) is 36.5 Å². The fourth-order valence-corrected chi connectivity index (χ4v) is 6.60. The minimum atomic E-state index is -2.91. The molecular weight excluding hydrogens is 839 g/mol. The molecule has 3 unspecified atom stereocenters. The van der Waals surface area contributed by atoms with E-state index in [0.29, 0.717) is 45.2 Å². The van der Waals surface area contributed by atoms with Crippen LogP contribution in [0.1, 0.15) is 46.5 Å². The van der Waals surface area contributed by atoms with Crippen molar-refractivity contribution in [3.8, 4) is 0 Å². The van der Waals surface area contributed by atoms with Gasteiger partial charge in [-0.3, -0.25) is 14.4 Å². The van der Waals surface area contributed by atoms with Crippen molar-refractivity contribution in [1.29, 1.82) is 0 Å². The topological polar surface area (TPSA) is 265 Å². The molecule has 0 aliphatic heterocycles. The van der Waals surface area contributed by atoms with Gasteiger partial charge in [0.1, 0.15) is 58.0 Å². The molecule has 3 atom stereocenters. The number of nitrogens with zero attached hydrogens (tertiary/aromatic N) is 2. The lowest BCUT2D eigenvalue weighted by atomic mass is 10.3. The third kappa shape index (κ3) is 28.5. The number of aliphatic hydroxyl groups excluding tert-OH is 3.